The Morgan fingerprint density at radius 1 is 1.04 bits per heavy atom. The molecule has 0 spiro atoms. The van der Waals surface area contributed by atoms with Gasteiger partial charge in [0.25, 0.3) is 5.91 Å². The van der Waals surface area contributed by atoms with Crippen molar-refractivity contribution in [3.63, 3.8) is 0 Å². The first-order chi connectivity index (χ1) is 10.9. The maximum absolute atomic E-state index is 13.8. The molecule has 0 saturated heterocycles. The van der Waals surface area contributed by atoms with Gasteiger partial charge in [-0.2, -0.15) is 0 Å². The Bertz CT molecular complexity index is 838. The fourth-order valence-electron chi connectivity index (χ4n) is 2.29. The molecule has 1 aliphatic rings. The van der Waals surface area contributed by atoms with Gasteiger partial charge >= 0.3 is 0 Å². The number of nitrogens with zero attached hydrogens (tertiary/aromatic N) is 1. The van der Waals surface area contributed by atoms with Gasteiger partial charge in [0.05, 0.1) is 16.9 Å². The van der Waals surface area contributed by atoms with E-state index in [0.717, 1.165) is 4.90 Å². The number of carbonyl (C=O) groups is 2. The Hall–Kier alpha value is -2.90. The van der Waals surface area contributed by atoms with Gasteiger partial charge in [0.2, 0.25) is 5.91 Å². The number of hydrogen-bond acceptors (Lipinski definition) is 2. The van der Waals surface area contributed by atoms with Crippen molar-refractivity contribution in [2.75, 3.05) is 16.8 Å². The first kappa shape index (κ1) is 15.0. The zero-order chi connectivity index (χ0) is 16.7. The summed E-state index contributed by atoms with van der Waals surface area (Å²) in [6, 6.07) is 6.42. The van der Waals surface area contributed by atoms with E-state index in [9.17, 15) is 27.2 Å². The Morgan fingerprint density at radius 2 is 1.74 bits per heavy atom. The lowest BCUT2D eigenvalue weighted by Crippen LogP contribution is -2.42. The quantitative estimate of drug-likeness (QED) is 0.498. The predicted octanol–water partition coefficient (Wildman–Crippen LogP) is 2.84. The second-order valence-electron chi connectivity index (χ2n) is 4.80. The van der Waals surface area contributed by atoms with Crippen molar-refractivity contribution in [3.05, 3.63) is 59.2 Å². The van der Waals surface area contributed by atoms with Crippen LogP contribution < -0.4 is 10.2 Å². The maximum Gasteiger partial charge on any atom is 0.262 e. The third-order valence-electron chi connectivity index (χ3n) is 3.35. The topological polar surface area (TPSA) is 49.4 Å². The average Bonchev–Trinajstić information content (AvgIpc) is 2.54. The molecule has 0 aliphatic carbocycles. The number of amides is 2. The molecule has 1 heterocycles. The molecular formula is C15H8F4N2O2. The van der Waals surface area contributed by atoms with Crippen LogP contribution in [-0.4, -0.2) is 18.4 Å². The predicted molar refractivity (Wildman–Crippen MR) is 73.0 cm³/mol. The van der Waals surface area contributed by atoms with Crippen LogP contribution in [0, 0.1) is 23.3 Å². The first-order valence-corrected chi connectivity index (χ1v) is 6.44. The SMILES string of the molecule is O=C1CN(C(=O)c2cc(F)c(F)c(F)c2F)c2ccccc2N1. The van der Waals surface area contributed by atoms with Crippen LogP contribution in [0.2, 0.25) is 0 Å². The van der Waals surface area contributed by atoms with Gasteiger partial charge in [0.15, 0.2) is 23.3 Å². The molecule has 0 bridgehead atoms. The minimum absolute atomic E-state index is 0.238. The number of benzene rings is 2. The third kappa shape index (κ3) is 2.41. The van der Waals surface area contributed by atoms with Crippen molar-refractivity contribution < 1.29 is 27.2 Å². The van der Waals surface area contributed by atoms with E-state index in [1.54, 1.807) is 12.1 Å². The molecular weight excluding hydrogens is 316 g/mol. The molecule has 3 rings (SSSR count). The smallest absolute Gasteiger partial charge is 0.262 e. The fraction of sp³-hybridized carbons (Fsp3) is 0.0667. The molecule has 0 radical (unpaired) electrons. The third-order valence-corrected chi connectivity index (χ3v) is 3.35. The normalized spacial score (nSPS) is 13.6. The average molecular weight is 324 g/mol. The standard InChI is InChI=1S/C15H8F4N2O2/c16-8-5-7(12(17)14(19)13(8)18)15(23)21-6-11(22)20-9-3-1-2-4-10(9)21/h1-5H,6H2,(H,20,22). The van der Waals surface area contributed by atoms with E-state index in [-0.39, 0.29) is 11.8 Å². The second-order valence-corrected chi connectivity index (χ2v) is 4.80. The van der Waals surface area contributed by atoms with Crippen molar-refractivity contribution >= 4 is 23.2 Å². The molecule has 2 amide bonds. The lowest BCUT2D eigenvalue weighted by Gasteiger charge is -2.29. The molecule has 23 heavy (non-hydrogen) atoms. The lowest BCUT2D eigenvalue weighted by molar-refractivity contribution is -0.115. The lowest BCUT2D eigenvalue weighted by atomic mass is 10.1. The summed E-state index contributed by atoms with van der Waals surface area (Å²) in [4.78, 5) is 24.9. The molecule has 118 valence electrons. The first-order valence-electron chi connectivity index (χ1n) is 6.44. The highest BCUT2D eigenvalue weighted by atomic mass is 19.2. The molecule has 8 heteroatoms. The summed E-state index contributed by atoms with van der Waals surface area (Å²) in [5, 5.41) is 2.51. The van der Waals surface area contributed by atoms with E-state index >= 15 is 0 Å². The Kier molecular flexibility index (Phi) is 3.51. The number of rotatable bonds is 1. The Balaban J connectivity index is 2.10. The van der Waals surface area contributed by atoms with Crippen LogP contribution in [0.15, 0.2) is 30.3 Å². The number of anilines is 2. The second kappa shape index (κ2) is 5.38. The number of halogens is 4. The molecule has 1 aliphatic heterocycles. The van der Waals surface area contributed by atoms with Crippen molar-refractivity contribution in [1.29, 1.82) is 0 Å². The van der Waals surface area contributed by atoms with E-state index < -0.39 is 47.2 Å². The van der Waals surface area contributed by atoms with Gasteiger partial charge in [-0.1, -0.05) is 12.1 Å². The van der Waals surface area contributed by atoms with Gasteiger partial charge < -0.3 is 5.32 Å². The monoisotopic (exact) mass is 324 g/mol. The zero-order valence-corrected chi connectivity index (χ0v) is 11.4. The van der Waals surface area contributed by atoms with E-state index in [4.69, 9.17) is 0 Å². The molecule has 0 saturated carbocycles. The number of carbonyl (C=O) groups excluding carboxylic acids is 2. The fourth-order valence-corrected chi connectivity index (χ4v) is 2.29. The largest absolute Gasteiger partial charge is 0.323 e. The maximum atomic E-state index is 13.8. The molecule has 2 aromatic rings. The van der Waals surface area contributed by atoms with Crippen LogP contribution in [0.1, 0.15) is 10.4 Å². The number of para-hydroxylation sites is 2. The van der Waals surface area contributed by atoms with Gasteiger partial charge in [-0.25, -0.2) is 17.6 Å². The van der Waals surface area contributed by atoms with Crippen LogP contribution in [0.3, 0.4) is 0 Å². The summed E-state index contributed by atoms with van der Waals surface area (Å²) in [7, 11) is 0. The van der Waals surface area contributed by atoms with Gasteiger partial charge in [-0.15, -0.1) is 0 Å². The highest BCUT2D eigenvalue weighted by Crippen LogP contribution is 2.31. The van der Waals surface area contributed by atoms with Crippen molar-refractivity contribution in [1.82, 2.24) is 0 Å². The van der Waals surface area contributed by atoms with Crippen LogP contribution in [0.25, 0.3) is 0 Å². The van der Waals surface area contributed by atoms with Gasteiger partial charge in [-0.05, 0) is 18.2 Å². The van der Waals surface area contributed by atoms with Crippen molar-refractivity contribution in [3.8, 4) is 0 Å². The summed E-state index contributed by atoms with van der Waals surface area (Å²) in [5.74, 6) is -9.29. The van der Waals surface area contributed by atoms with Crippen LogP contribution >= 0.6 is 0 Å². The molecule has 0 unspecified atom stereocenters. The summed E-state index contributed by atoms with van der Waals surface area (Å²) >= 11 is 0. The van der Waals surface area contributed by atoms with Gasteiger partial charge in [0.1, 0.15) is 6.54 Å². The van der Waals surface area contributed by atoms with Gasteiger partial charge in [0, 0.05) is 0 Å². The zero-order valence-electron chi connectivity index (χ0n) is 11.4. The molecule has 2 aromatic carbocycles. The number of fused-ring (bicyclic) bond motifs is 1. The van der Waals surface area contributed by atoms with Crippen LogP contribution in [0.4, 0.5) is 28.9 Å². The number of hydrogen-bond donors (Lipinski definition) is 1. The summed E-state index contributed by atoms with van der Waals surface area (Å²) < 4.78 is 53.4. The highest BCUT2D eigenvalue weighted by Gasteiger charge is 2.31. The summed E-state index contributed by atoms with van der Waals surface area (Å²) in [6.45, 7) is -0.462. The molecule has 0 fully saturated rings. The van der Waals surface area contributed by atoms with E-state index in [1.165, 1.54) is 12.1 Å². The number of nitrogens with one attached hydrogen (secondary N) is 1. The molecule has 0 aromatic heterocycles. The van der Waals surface area contributed by atoms with Crippen molar-refractivity contribution in [2.24, 2.45) is 0 Å². The summed E-state index contributed by atoms with van der Waals surface area (Å²) in [5.41, 5.74) is -0.465. The van der Waals surface area contributed by atoms with E-state index in [0.29, 0.717) is 5.69 Å². The van der Waals surface area contributed by atoms with E-state index in [1.807, 2.05) is 0 Å². The van der Waals surface area contributed by atoms with Crippen molar-refractivity contribution in [2.45, 2.75) is 0 Å². The van der Waals surface area contributed by atoms with Crippen LogP contribution in [-0.2, 0) is 4.79 Å². The Labute approximate surface area is 127 Å². The van der Waals surface area contributed by atoms with Crippen LogP contribution in [0.5, 0.6) is 0 Å². The Morgan fingerprint density at radius 3 is 2.48 bits per heavy atom. The minimum Gasteiger partial charge on any atom is -0.323 e. The minimum atomic E-state index is -2.08. The molecule has 4 nitrogen and oxygen atoms in total. The summed E-state index contributed by atoms with van der Waals surface area (Å²) in [6.07, 6.45) is 0. The molecule has 0 atom stereocenters. The molecule has 1 N–H and O–H groups in total. The van der Waals surface area contributed by atoms with E-state index in [2.05, 4.69) is 5.32 Å². The highest BCUT2D eigenvalue weighted by molar-refractivity contribution is 6.15. The van der Waals surface area contributed by atoms with Gasteiger partial charge in [-0.3, -0.25) is 14.5 Å².